The van der Waals surface area contributed by atoms with Crippen molar-refractivity contribution >= 4 is 5.97 Å². The van der Waals surface area contributed by atoms with Gasteiger partial charge in [-0.3, -0.25) is 4.79 Å². The van der Waals surface area contributed by atoms with Gasteiger partial charge in [-0.1, -0.05) is 310 Å². The standard InChI is InChI=1S/C63H118O5/c1-5-8-11-14-17-20-23-26-29-32-35-38-41-44-47-50-53-65-61-56-60(58-68-59(4)64)57-62(66-54-51-48-45-42-39-36-33-30-27-24-21-18-15-12-9-6-2)63(61)67-55-52-49-46-43-40-37-34-31-28-25-22-19-16-13-10-7-3/h56-57H,5-55,58H2,1-4H3. The first kappa shape index (κ1) is 64.1. The molecule has 0 atom stereocenters. The number of esters is 1. The van der Waals surface area contributed by atoms with Gasteiger partial charge in [0, 0.05) is 6.92 Å². The first-order valence-corrected chi connectivity index (χ1v) is 30.8. The molecular weight excluding hydrogens is 837 g/mol. The highest BCUT2D eigenvalue weighted by atomic mass is 16.5. The van der Waals surface area contributed by atoms with Gasteiger partial charge in [-0.25, -0.2) is 0 Å². The Balaban J connectivity index is 2.54. The minimum absolute atomic E-state index is 0.208. The van der Waals surface area contributed by atoms with Crippen molar-refractivity contribution in [2.75, 3.05) is 19.8 Å². The van der Waals surface area contributed by atoms with Gasteiger partial charge in [0.05, 0.1) is 19.8 Å². The fourth-order valence-electron chi connectivity index (χ4n) is 9.74. The summed E-state index contributed by atoms with van der Waals surface area (Å²) < 4.78 is 25.1. The molecule has 0 spiro atoms. The van der Waals surface area contributed by atoms with Crippen LogP contribution in [0.15, 0.2) is 12.1 Å². The summed E-state index contributed by atoms with van der Waals surface area (Å²) in [5.74, 6) is 1.91. The summed E-state index contributed by atoms with van der Waals surface area (Å²) >= 11 is 0. The number of carbonyl (C=O) groups excluding carboxylic acids is 1. The third-order valence-corrected chi connectivity index (χ3v) is 14.3. The first-order valence-electron chi connectivity index (χ1n) is 30.8. The Labute approximate surface area is 425 Å². The molecule has 0 N–H and O–H groups in total. The topological polar surface area (TPSA) is 54.0 Å². The van der Waals surface area contributed by atoms with Crippen LogP contribution in [0.2, 0.25) is 0 Å². The summed E-state index contributed by atoms with van der Waals surface area (Å²) in [6.07, 6.45) is 65.1. The second kappa shape index (κ2) is 52.9. The fraction of sp³-hybridized carbons (Fsp3) is 0.889. The van der Waals surface area contributed by atoms with Crippen LogP contribution in [-0.2, 0) is 16.1 Å². The number of hydrogen-bond donors (Lipinski definition) is 0. The number of benzene rings is 1. The average molecular weight is 956 g/mol. The van der Waals surface area contributed by atoms with E-state index in [9.17, 15) is 4.79 Å². The third-order valence-electron chi connectivity index (χ3n) is 14.3. The molecule has 5 heteroatoms. The van der Waals surface area contributed by atoms with E-state index in [4.69, 9.17) is 18.9 Å². The molecule has 0 aliphatic carbocycles. The van der Waals surface area contributed by atoms with E-state index < -0.39 is 0 Å². The van der Waals surface area contributed by atoms with Crippen LogP contribution in [0.3, 0.4) is 0 Å². The summed E-state index contributed by atoms with van der Waals surface area (Å²) in [5, 5.41) is 0. The van der Waals surface area contributed by atoms with E-state index in [2.05, 4.69) is 20.8 Å². The van der Waals surface area contributed by atoms with Gasteiger partial charge in [-0.2, -0.15) is 0 Å². The predicted molar refractivity (Wildman–Crippen MR) is 297 cm³/mol. The number of carbonyl (C=O) groups is 1. The monoisotopic (exact) mass is 955 g/mol. The molecular formula is C63H118O5. The quantitative estimate of drug-likeness (QED) is 0.0481. The molecule has 0 radical (unpaired) electrons. The van der Waals surface area contributed by atoms with Gasteiger partial charge < -0.3 is 18.9 Å². The summed E-state index contributed by atoms with van der Waals surface area (Å²) in [4.78, 5) is 11.8. The summed E-state index contributed by atoms with van der Waals surface area (Å²) in [6, 6.07) is 4.03. The molecule has 0 amide bonds. The number of unbranched alkanes of at least 4 members (excludes halogenated alkanes) is 45. The molecule has 0 bridgehead atoms. The van der Waals surface area contributed by atoms with E-state index in [1.165, 1.54) is 296 Å². The van der Waals surface area contributed by atoms with Crippen molar-refractivity contribution in [1.82, 2.24) is 0 Å². The molecule has 0 aliphatic rings. The van der Waals surface area contributed by atoms with Gasteiger partial charge in [-0.15, -0.1) is 0 Å². The molecule has 0 heterocycles. The van der Waals surface area contributed by atoms with Gasteiger partial charge in [-0.05, 0) is 37.0 Å². The lowest BCUT2D eigenvalue weighted by molar-refractivity contribution is -0.142. The highest BCUT2D eigenvalue weighted by molar-refractivity contribution is 5.66. The Morgan fingerprint density at radius 1 is 0.309 bits per heavy atom. The second-order valence-electron chi connectivity index (χ2n) is 21.2. The van der Waals surface area contributed by atoms with Crippen LogP contribution in [-0.4, -0.2) is 25.8 Å². The van der Waals surface area contributed by atoms with Crippen molar-refractivity contribution in [2.24, 2.45) is 0 Å². The molecule has 0 saturated heterocycles. The Morgan fingerprint density at radius 3 is 0.735 bits per heavy atom. The second-order valence-corrected chi connectivity index (χ2v) is 21.2. The maximum Gasteiger partial charge on any atom is 0.302 e. The smallest absolute Gasteiger partial charge is 0.302 e. The molecule has 0 aromatic heterocycles. The van der Waals surface area contributed by atoms with E-state index in [0.29, 0.717) is 19.8 Å². The maximum atomic E-state index is 11.8. The highest BCUT2D eigenvalue weighted by Crippen LogP contribution is 2.40. The number of ether oxygens (including phenoxy) is 4. The van der Waals surface area contributed by atoms with E-state index in [0.717, 1.165) is 42.1 Å². The largest absolute Gasteiger partial charge is 0.490 e. The zero-order chi connectivity index (χ0) is 48.9. The SMILES string of the molecule is CCCCCCCCCCCCCCCCCCOc1cc(COC(C)=O)cc(OCCCCCCCCCCCCCCCCCC)c1OCCCCCCCCCCCCCCCCCC. The van der Waals surface area contributed by atoms with Crippen LogP contribution < -0.4 is 14.2 Å². The molecule has 1 aromatic rings. The van der Waals surface area contributed by atoms with Crippen molar-refractivity contribution in [3.05, 3.63) is 17.7 Å². The normalized spacial score (nSPS) is 11.4. The van der Waals surface area contributed by atoms with E-state index in [-0.39, 0.29) is 12.6 Å². The molecule has 5 nitrogen and oxygen atoms in total. The van der Waals surface area contributed by atoms with Crippen LogP contribution in [0.25, 0.3) is 0 Å². The first-order chi connectivity index (χ1) is 33.6. The zero-order valence-electron chi connectivity index (χ0n) is 46.5. The average Bonchev–Trinajstić information content (AvgIpc) is 3.34. The lowest BCUT2D eigenvalue weighted by atomic mass is 10.0. The van der Waals surface area contributed by atoms with Crippen molar-refractivity contribution in [3.8, 4) is 17.2 Å². The Hall–Kier alpha value is -1.91. The van der Waals surface area contributed by atoms with Crippen molar-refractivity contribution < 1.29 is 23.7 Å². The third kappa shape index (κ3) is 44.1. The van der Waals surface area contributed by atoms with Crippen LogP contribution >= 0.6 is 0 Å². The Bertz CT molecular complexity index is 1110. The Kier molecular flexibility index (Phi) is 49.9. The van der Waals surface area contributed by atoms with E-state index in [1.807, 2.05) is 12.1 Å². The van der Waals surface area contributed by atoms with Gasteiger partial charge in [0.25, 0.3) is 0 Å². The van der Waals surface area contributed by atoms with E-state index in [1.54, 1.807) is 0 Å². The van der Waals surface area contributed by atoms with Gasteiger partial charge in [0.1, 0.15) is 6.61 Å². The van der Waals surface area contributed by atoms with Crippen LogP contribution in [0, 0.1) is 0 Å². The fourth-order valence-corrected chi connectivity index (χ4v) is 9.74. The molecule has 1 rings (SSSR count). The lowest BCUT2D eigenvalue weighted by Gasteiger charge is -2.19. The molecule has 0 aliphatic heterocycles. The summed E-state index contributed by atoms with van der Waals surface area (Å²) in [5.41, 5.74) is 0.888. The number of hydrogen-bond acceptors (Lipinski definition) is 5. The lowest BCUT2D eigenvalue weighted by Crippen LogP contribution is -2.08. The van der Waals surface area contributed by atoms with Crippen molar-refractivity contribution in [2.45, 2.75) is 343 Å². The van der Waals surface area contributed by atoms with Crippen LogP contribution in [0.4, 0.5) is 0 Å². The predicted octanol–water partition coefficient (Wildman–Crippen LogP) is 21.7. The number of rotatable bonds is 56. The summed E-state index contributed by atoms with van der Waals surface area (Å²) in [6.45, 7) is 10.5. The molecule has 1 aromatic carbocycles. The molecule has 0 unspecified atom stereocenters. The highest BCUT2D eigenvalue weighted by Gasteiger charge is 2.17. The van der Waals surface area contributed by atoms with Crippen LogP contribution in [0.5, 0.6) is 17.2 Å². The van der Waals surface area contributed by atoms with E-state index >= 15 is 0 Å². The van der Waals surface area contributed by atoms with Gasteiger partial charge in [0.2, 0.25) is 5.75 Å². The molecule has 0 saturated carbocycles. The maximum absolute atomic E-state index is 11.8. The zero-order valence-corrected chi connectivity index (χ0v) is 46.5. The van der Waals surface area contributed by atoms with Crippen molar-refractivity contribution in [3.63, 3.8) is 0 Å². The minimum atomic E-state index is -0.278. The van der Waals surface area contributed by atoms with Crippen LogP contribution in [0.1, 0.15) is 341 Å². The van der Waals surface area contributed by atoms with Gasteiger partial charge >= 0.3 is 5.97 Å². The summed E-state index contributed by atoms with van der Waals surface area (Å²) in [7, 11) is 0. The molecule has 68 heavy (non-hydrogen) atoms. The van der Waals surface area contributed by atoms with Gasteiger partial charge in [0.15, 0.2) is 11.5 Å². The minimum Gasteiger partial charge on any atom is -0.490 e. The molecule has 0 fully saturated rings. The Morgan fingerprint density at radius 2 is 0.515 bits per heavy atom. The molecule has 400 valence electrons. The van der Waals surface area contributed by atoms with Crippen molar-refractivity contribution in [1.29, 1.82) is 0 Å².